The standard InChI is InChI=1S/C11H15ClN4/c1-6(2)16-11-8(13-4)5-9(12)14-10(11)7(3)15-16/h5-6H,1-4H3,(H,13,14). The molecule has 0 aliphatic carbocycles. The lowest BCUT2D eigenvalue weighted by molar-refractivity contribution is 0.547. The second-order valence-corrected chi connectivity index (χ2v) is 4.45. The van der Waals surface area contributed by atoms with Crippen LogP contribution in [-0.2, 0) is 0 Å². The van der Waals surface area contributed by atoms with E-state index in [0.717, 1.165) is 22.4 Å². The van der Waals surface area contributed by atoms with E-state index in [-0.39, 0.29) is 0 Å². The van der Waals surface area contributed by atoms with Gasteiger partial charge >= 0.3 is 0 Å². The van der Waals surface area contributed by atoms with Gasteiger partial charge in [0.2, 0.25) is 0 Å². The number of hydrogen-bond donors (Lipinski definition) is 1. The van der Waals surface area contributed by atoms with Crippen LogP contribution in [0.25, 0.3) is 11.0 Å². The van der Waals surface area contributed by atoms with Crippen molar-refractivity contribution in [3.8, 4) is 0 Å². The minimum absolute atomic E-state index is 0.297. The fourth-order valence-corrected chi connectivity index (χ4v) is 2.01. The van der Waals surface area contributed by atoms with Crippen LogP contribution in [0.5, 0.6) is 0 Å². The molecular formula is C11H15ClN4. The molecule has 2 aromatic heterocycles. The van der Waals surface area contributed by atoms with E-state index < -0.39 is 0 Å². The van der Waals surface area contributed by atoms with E-state index >= 15 is 0 Å². The van der Waals surface area contributed by atoms with Crippen LogP contribution < -0.4 is 5.32 Å². The SMILES string of the molecule is CNc1cc(Cl)nc2c(C)nn(C(C)C)c12. The molecule has 0 saturated carbocycles. The highest BCUT2D eigenvalue weighted by atomic mass is 35.5. The fourth-order valence-electron chi connectivity index (χ4n) is 1.81. The van der Waals surface area contributed by atoms with E-state index in [1.54, 1.807) is 0 Å². The summed E-state index contributed by atoms with van der Waals surface area (Å²) >= 11 is 5.98. The Labute approximate surface area is 99.6 Å². The van der Waals surface area contributed by atoms with Crippen molar-refractivity contribution in [1.29, 1.82) is 0 Å². The Balaban J connectivity index is 2.86. The van der Waals surface area contributed by atoms with Crippen molar-refractivity contribution in [2.75, 3.05) is 12.4 Å². The van der Waals surface area contributed by atoms with Crippen molar-refractivity contribution in [3.63, 3.8) is 0 Å². The van der Waals surface area contributed by atoms with Crippen LogP contribution in [0.3, 0.4) is 0 Å². The van der Waals surface area contributed by atoms with Crippen LogP contribution in [0.2, 0.25) is 5.15 Å². The number of pyridine rings is 1. The zero-order valence-corrected chi connectivity index (χ0v) is 10.6. The van der Waals surface area contributed by atoms with E-state index in [4.69, 9.17) is 11.6 Å². The van der Waals surface area contributed by atoms with Gasteiger partial charge in [-0.1, -0.05) is 11.6 Å². The summed E-state index contributed by atoms with van der Waals surface area (Å²) in [6.45, 7) is 6.14. The Kier molecular flexibility index (Phi) is 2.76. The van der Waals surface area contributed by atoms with Crippen LogP contribution in [0, 0.1) is 6.92 Å². The van der Waals surface area contributed by atoms with Gasteiger partial charge in [-0.2, -0.15) is 5.10 Å². The second-order valence-electron chi connectivity index (χ2n) is 4.06. The van der Waals surface area contributed by atoms with Gasteiger partial charge in [-0.3, -0.25) is 4.68 Å². The summed E-state index contributed by atoms with van der Waals surface area (Å²) in [5, 5.41) is 8.12. The lowest BCUT2D eigenvalue weighted by Gasteiger charge is -2.10. The molecule has 0 aliphatic rings. The predicted molar refractivity (Wildman–Crippen MR) is 67.2 cm³/mol. The number of rotatable bonds is 2. The zero-order chi connectivity index (χ0) is 11.9. The first-order valence-corrected chi connectivity index (χ1v) is 5.65. The summed E-state index contributed by atoms with van der Waals surface area (Å²) in [5.74, 6) is 0. The molecule has 2 heterocycles. The summed E-state index contributed by atoms with van der Waals surface area (Å²) in [5.41, 5.74) is 3.75. The van der Waals surface area contributed by atoms with E-state index in [0.29, 0.717) is 11.2 Å². The van der Waals surface area contributed by atoms with Crippen molar-refractivity contribution >= 4 is 28.3 Å². The van der Waals surface area contributed by atoms with Gasteiger partial charge in [0.25, 0.3) is 0 Å². The highest BCUT2D eigenvalue weighted by Gasteiger charge is 2.15. The van der Waals surface area contributed by atoms with Crippen LogP contribution in [0.1, 0.15) is 25.6 Å². The Morgan fingerprint density at radius 3 is 2.69 bits per heavy atom. The minimum atomic E-state index is 0.297. The number of aromatic nitrogens is 3. The van der Waals surface area contributed by atoms with E-state index in [1.165, 1.54) is 0 Å². The molecule has 2 aromatic rings. The molecule has 1 N–H and O–H groups in total. The first kappa shape index (κ1) is 11.2. The Hall–Kier alpha value is -1.29. The van der Waals surface area contributed by atoms with Crippen LogP contribution in [0.15, 0.2) is 6.07 Å². The van der Waals surface area contributed by atoms with Crippen molar-refractivity contribution in [2.24, 2.45) is 0 Å². The topological polar surface area (TPSA) is 42.7 Å². The Bertz CT molecular complexity index is 530. The zero-order valence-electron chi connectivity index (χ0n) is 9.87. The first-order valence-electron chi connectivity index (χ1n) is 5.27. The number of hydrogen-bond acceptors (Lipinski definition) is 3. The van der Waals surface area contributed by atoms with E-state index in [1.807, 2.05) is 24.7 Å². The summed E-state index contributed by atoms with van der Waals surface area (Å²) in [7, 11) is 1.87. The average molecular weight is 239 g/mol. The van der Waals surface area contributed by atoms with Crippen molar-refractivity contribution in [2.45, 2.75) is 26.8 Å². The maximum Gasteiger partial charge on any atom is 0.132 e. The number of aryl methyl sites for hydroxylation is 1. The highest BCUT2D eigenvalue weighted by Crippen LogP contribution is 2.29. The molecule has 0 saturated heterocycles. The van der Waals surface area contributed by atoms with E-state index in [2.05, 4.69) is 29.2 Å². The maximum absolute atomic E-state index is 5.98. The monoisotopic (exact) mass is 238 g/mol. The molecule has 4 nitrogen and oxygen atoms in total. The molecule has 0 fully saturated rings. The van der Waals surface area contributed by atoms with Crippen LogP contribution in [0.4, 0.5) is 5.69 Å². The van der Waals surface area contributed by atoms with Gasteiger partial charge in [0, 0.05) is 19.2 Å². The molecule has 0 unspecified atom stereocenters. The molecule has 86 valence electrons. The fraction of sp³-hybridized carbons (Fsp3) is 0.455. The minimum Gasteiger partial charge on any atom is -0.386 e. The predicted octanol–water partition coefficient (Wildman–Crippen LogP) is 3.02. The van der Waals surface area contributed by atoms with Crippen molar-refractivity contribution < 1.29 is 0 Å². The third-order valence-electron chi connectivity index (χ3n) is 2.55. The Morgan fingerprint density at radius 2 is 2.12 bits per heavy atom. The maximum atomic E-state index is 5.98. The lowest BCUT2D eigenvalue weighted by atomic mass is 10.2. The van der Waals surface area contributed by atoms with Crippen molar-refractivity contribution in [3.05, 3.63) is 16.9 Å². The number of halogens is 1. The van der Waals surface area contributed by atoms with Crippen molar-refractivity contribution in [1.82, 2.24) is 14.8 Å². The van der Waals surface area contributed by atoms with Gasteiger partial charge in [0.15, 0.2) is 0 Å². The molecule has 0 aromatic carbocycles. The molecule has 0 aliphatic heterocycles. The van der Waals surface area contributed by atoms with Crippen LogP contribution >= 0.6 is 11.6 Å². The third kappa shape index (κ3) is 1.63. The average Bonchev–Trinajstić information content (AvgIpc) is 2.55. The lowest BCUT2D eigenvalue weighted by Crippen LogP contribution is -2.04. The van der Waals surface area contributed by atoms with E-state index in [9.17, 15) is 0 Å². The number of nitrogens with one attached hydrogen (secondary N) is 1. The number of nitrogens with zero attached hydrogens (tertiary/aromatic N) is 3. The second kappa shape index (κ2) is 3.94. The van der Waals surface area contributed by atoms with Gasteiger partial charge in [-0.05, 0) is 20.8 Å². The molecule has 16 heavy (non-hydrogen) atoms. The largest absolute Gasteiger partial charge is 0.386 e. The molecule has 5 heteroatoms. The molecule has 0 radical (unpaired) electrons. The van der Waals surface area contributed by atoms with Gasteiger partial charge in [0.1, 0.15) is 16.2 Å². The molecule has 0 spiro atoms. The summed E-state index contributed by atoms with van der Waals surface area (Å²) in [6.07, 6.45) is 0. The molecular weight excluding hydrogens is 224 g/mol. The van der Waals surface area contributed by atoms with Gasteiger partial charge in [-0.15, -0.1) is 0 Å². The quantitative estimate of drug-likeness (QED) is 0.818. The molecule has 0 amide bonds. The normalized spacial score (nSPS) is 11.4. The Morgan fingerprint density at radius 1 is 1.44 bits per heavy atom. The smallest absolute Gasteiger partial charge is 0.132 e. The summed E-state index contributed by atoms with van der Waals surface area (Å²) in [4.78, 5) is 4.33. The molecule has 0 atom stereocenters. The number of anilines is 1. The third-order valence-corrected chi connectivity index (χ3v) is 2.74. The van der Waals surface area contributed by atoms with Gasteiger partial charge < -0.3 is 5.32 Å². The highest BCUT2D eigenvalue weighted by molar-refractivity contribution is 6.30. The van der Waals surface area contributed by atoms with Gasteiger partial charge in [0.05, 0.1) is 11.4 Å². The summed E-state index contributed by atoms with van der Waals surface area (Å²) < 4.78 is 1.97. The first-order chi connectivity index (χ1) is 7.54. The van der Waals surface area contributed by atoms with Gasteiger partial charge in [-0.25, -0.2) is 4.98 Å². The number of fused-ring (bicyclic) bond motifs is 1. The molecule has 0 bridgehead atoms. The van der Waals surface area contributed by atoms with Crippen LogP contribution in [-0.4, -0.2) is 21.8 Å². The summed E-state index contributed by atoms with van der Waals surface area (Å²) in [6, 6.07) is 2.12. The molecule has 2 rings (SSSR count).